The Kier molecular flexibility index (Phi) is 5.53. The van der Waals surface area contributed by atoms with Gasteiger partial charge in [0.2, 0.25) is 0 Å². The van der Waals surface area contributed by atoms with Crippen LogP contribution < -0.4 is 5.32 Å². The molecule has 126 valence electrons. The minimum atomic E-state index is -0.367. The normalized spacial score (nSPS) is 21.9. The molecule has 3 amide bonds. The van der Waals surface area contributed by atoms with Crippen LogP contribution in [0.15, 0.2) is 0 Å². The number of ether oxygens (including phenoxy) is 1. The third kappa shape index (κ3) is 5.39. The highest BCUT2D eigenvalue weighted by atomic mass is 16.6. The topological polar surface area (TPSA) is 61.9 Å². The van der Waals surface area contributed by atoms with Gasteiger partial charge in [-0.15, -0.1) is 0 Å². The highest BCUT2D eigenvalue weighted by Crippen LogP contribution is 2.27. The first-order chi connectivity index (χ1) is 10.4. The average molecular weight is 311 g/mol. The molecule has 22 heavy (non-hydrogen) atoms. The highest BCUT2D eigenvalue weighted by Gasteiger charge is 2.34. The van der Waals surface area contributed by atoms with Gasteiger partial charge in [0.05, 0.1) is 0 Å². The van der Waals surface area contributed by atoms with Gasteiger partial charge in [0, 0.05) is 32.2 Å². The van der Waals surface area contributed by atoms with Crippen LogP contribution in [0.4, 0.5) is 9.59 Å². The van der Waals surface area contributed by atoms with Gasteiger partial charge in [-0.25, -0.2) is 9.59 Å². The number of nitrogens with zero attached hydrogens (tertiary/aromatic N) is 2. The minimum absolute atomic E-state index is 0.137. The van der Waals surface area contributed by atoms with E-state index in [0.717, 1.165) is 39.0 Å². The molecular weight excluding hydrogens is 282 g/mol. The van der Waals surface area contributed by atoms with Crippen molar-refractivity contribution in [1.29, 1.82) is 0 Å². The lowest BCUT2D eigenvalue weighted by atomic mass is 10.1. The van der Waals surface area contributed by atoms with E-state index in [1.165, 1.54) is 19.3 Å². The third-order valence-corrected chi connectivity index (χ3v) is 3.89. The maximum atomic E-state index is 11.5. The number of carbonyl (C=O) groups is 2. The Morgan fingerprint density at radius 1 is 1.14 bits per heavy atom. The molecule has 6 nitrogen and oxygen atoms in total. The fraction of sp³-hybridized carbons (Fsp3) is 0.875. The molecule has 3 fully saturated rings. The maximum Gasteiger partial charge on any atom is 0.410 e. The van der Waals surface area contributed by atoms with Crippen molar-refractivity contribution < 1.29 is 14.3 Å². The van der Waals surface area contributed by atoms with E-state index in [1.54, 1.807) is 4.90 Å². The van der Waals surface area contributed by atoms with Crippen LogP contribution in [0.5, 0.6) is 0 Å². The summed E-state index contributed by atoms with van der Waals surface area (Å²) in [6, 6.07) is 0.727. The van der Waals surface area contributed by atoms with E-state index in [0.29, 0.717) is 6.04 Å². The van der Waals surface area contributed by atoms with E-state index >= 15 is 0 Å². The second kappa shape index (κ2) is 7.20. The van der Waals surface area contributed by atoms with Crippen molar-refractivity contribution in [3.63, 3.8) is 0 Å². The quantitative estimate of drug-likeness (QED) is 0.809. The second-order valence-corrected chi connectivity index (χ2v) is 7.18. The Morgan fingerprint density at radius 2 is 1.77 bits per heavy atom. The Labute approximate surface area is 133 Å². The molecule has 0 atom stereocenters. The van der Waals surface area contributed by atoms with Gasteiger partial charge >= 0.3 is 12.1 Å². The molecule has 1 aliphatic carbocycles. The molecule has 0 radical (unpaired) electrons. The van der Waals surface area contributed by atoms with Crippen LogP contribution >= 0.6 is 0 Å². The number of urea groups is 1. The molecule has 0 aromatic rings. The molecule has 1 saturated carbocycles. The fourth-order valence-corrected chi connectivity index (χ4v) is 2.62. The summed E-state index contributed by atoms with van der Waals surface area (Å²) in [5.41, 5.74) is -0.367. The largest absolute Gasteiger partial charge is 0.444 e. The van der Waals surface area contributed by atoms with Gasteiger partial charge in [-0.3, -0.25) is 0 Å². The molecule has 6 heteroatoms. The Morgan fingerprint density at radius 3 is 2.23 bits per heavy atom. The highest BCUT2D eigenvalue weighted by molar-refractivity contribution is 5.76. The molecule has 3 rings (SSSR count). The van der Waals surface area contributed by atoms with Gasteiger partial charge in [-0.1, -0.05) is 0 Å². The number of rotatable bonds is 1. The lowest BCUT2D eigenvalue weighted by molar-refractivity contribution is 0.0216. The lowest BCUT2D eigenvalue weighted by Crippen LogP contribution is -2.39. The van der Waals surface area contributed by atoms with Crippen molar-refractivity contribution in [3.05, 3.63) is 0 Å². The number of hydrogen-bond acceptors (Lipinski definition) is 3. The van der Waals surface area contributed by atoms with Crippen molar-refractivity contribution in [2.75, 3.05) is 26.2 Å². The van der Waals surface area contributed by atoms with Crippen LogP contribution in [0.3, 0.4) is 0 Å². The number of carbonyl (C=O) groups excluding carboxylic acids is 2. The van der Waals surface area contributed by atoms with Crippen molar-refractivity contribution in [3.8, 4) is 0 Å². The number of likely N-dealkylation sites (tertiary alicyclic amines) is 1. The van der Waals surface area contributed by atoms with E-state index in [9.17, 15) is 9.59 Å². The van der Waals surface area contributed by atoms with Gasteiger partial charge in [0.15, 0.2) is 0 Å². The molecule has 0 bridgehead atoms. The molecule has 0 unspecified atom stereocenters. The van der Waals surface area contributed by atoms with Crippen molar-refractivity contribution in [2.45, 2.75) is 64.5 Å². The number of piperidine rings is 1. The summed E-state index contributed by atoms with van der Waals surface area (Å²) in [6.07, 6.45) is 5.73. The van der Waals surface area contributed by atoms with E-state index in [2.05, 4.69) is 5.32 Å². The second-order valence-electron chi connectivity index (χ2n) is 7.18. The summed E-state index contributed by atoms with van der Waals surface area (Å²) in [5.74, 6) is 0. The van der Waals surface area contributed by atoms with Crippen molar-refractivity contribution >= 4 is 12.1 Å². The van der Waals surface area contributed by atoms with Crippen LogP contribution in [-0.2, 0) is 4.74 Å². The van der Waals surface area contributed by atoms with Crippen LogP contribution in [0, 0.1) is 0 Å². The number of amides is 3. The smallest absolute Gasteiger partial charge is 0.410 e. The molecule has 2 saturated heterocycles. The summed E-state index contributed by atoms with van der Waals surface area (Å²) in [5, 5.41) is 2.78. The summed E-state index contributed by atoms with van der Waals surface area (Å²) in [6.45, 7) is 9.17. The molecule has 0 spiro atoms. The van der Waals surface area contributed by atoms with E-state index in [-0.39, 0.29) is 17.7 Å². The van der Waals surface area contributed by atoms with E-state index in [4.69, 9.17) is 4.74 Å². The predicted octanol–water partition coefficient (Wildman–Crippen LogP) is 2.58. The Balaban J connectivity index is 0.000000170. The summed E-state index contributed by atoms with van der Waals surface area (Å²) in [4.78, 5) is 26.1. The molecule has 2 aliphatic heterocycles. The van der Waals surface area contributed by atoms with Gasteiger partial charge in [-0.2, -0.15) is 0 Å². The summed E-state index contributed by atoms with van der Waals surface area (Å²) in [7, 11) is 0. The molecule has 3 aliphatic rings. The number of hydrogen-bond donors (Lipinski definition) is 1. The zero-order valence-electron chi connectivity index (χ0n) is 14.1. The minimum Gasteiger partial charge on any atom is -0.444 e. The fourth-order valence-electron chi connectivity index (χ4n) is 2.62. The SMILES string of the molecule is CC(C)(C)OC(=O)N1CCCCC1.O=C1NCCN1C1CC1. The number of nitrogens with one attached hydrogen (secondary N) is 1. The summed E-state index contributed by atoms with van der Waals surface area (Å²) < 4.78 is 5.26. The van der Waals surface area contributed by atoms with Crippen LogP contribution in [-0.4, -0.2) is 59.7 Å². The van der Waals surface area contributed by atoms with Crippen molar-refractivity contribution in [1.82, 2.24) is 15.1 Å². The van der Waals surface area contributed by atoms with Crippen LogP contribution in [0.25, 0.3) is 0 Å². The van der Waals surface area contributed by atoms with Crippen LogP contribution in [0.2, 0.25) is 0 Å². The van der Waals surface area contributed by atoms with Gasteiger partial charge in [0.1, 0.15) is 5.60 Å². The average Bonchev–Trinajstić information content (AvgIpc) is 3.21. The Bertz CT molecular complexity index is 396. The molecule has 0 aromatic carbocycles. The Hall–Kier alpha value is -1.46. The molecule has 1 N–H and O–H groups in total. The summed E-state index contributed by atoms with van der Waals surface area (Å²) >= 11 is 0. The zero-order chi connectivity index (χ0) is 16.2. The van der Waals surface area contributed by atoms with E-state index < -0.39 is 0 Å². The first-order valence-corrected chi connectivity index (χ1v) is 8.39. The first-order valence-electron chi connectivity index (χ1n) is 8.39. The predicted molar refractivity (Wildman–Crippen MR) is 84.8 cm³/mol. The monoisotopic (exact) mass is 311 g/mol. The van der Waals surface area contributed by atoms with Crippen LogP contribution in [0.1, 0.15) is 52.9 Å². The van der Waals surface area contributed by atoms with Gasteiger partial charge in [-0.05, 0) is 52.9 Å². The van der Waals surface area contributed by atoms with Gasteiger partial charge in [0.25, 0.3) is 0 Å². The van der Waals surface area contributed by atoms with E-state index in [1.807, 2.05) is 25.7 Å². The molecular formula is C16H29N3O3. The molecule has 2 heterocycles. The third-order valence-electron chi connectivity index (χ3n) is 3.89. The van der Waals surface area contributed by atoms with Gasteiger partial charge < -0.3 is 19.9 Å². The zero-order valence-corrected chi connectivity index (χ0v) is 14.1. The lowest BCUT2D eigenvalue weighted by Gasteiger charge is -2.29. The standard InChI is InChI=1S/C10H19NO2.C6H10N2O/c1-10(2,3)13-9(12)11-7-5-4-6-8-11;9-6-7-3-4-8(6)5-1-2-5/h4-8H2,1-3H3;5H,1-4H2,(H,7,9). The molecule has 0 aromatic heterocycles. The maximum absolute atomic E-state index is 11.5. The van der Waals surface area contributed by atoms with Crippen molar-refractivity contribution in [2.24, 2.45) is 0 Å². The first kappa shape index (κ1) is 16.9.